The number of benzene rings is 1. The SMILES string of the molecule is O=Cc1ccc(C2CCCNC2)cc1F. The molecule has 1 aromatic rings. The first-order chi connectivity index (χ1) is 7.31. The van der Waals surface area contributed by atoms with Crippen LogP contribution in [-0.4, -0.2) is 19.4 Å². The van der Waals surface area contributed by atoms with Gasteiger partial charge in [0.05, 0.1) is 5.56 Å². The van der Waals surface area contributed by atoms with Crippen molar-refractivity contribution in [2.75, 3.05) is 13.1 Å². The van der Waals surface area contributed by atoms with Crippen LogP contribution in [0, 0.1) is 5.82 Å². The van der Waals surface area contributed by atoms with E-state index in [1.165, 1.54) is 6.07 Å². The Kier molecular flexibility index (Phi) is 3.11. The Labute approximate surface area is 88.5 Å². The van der Waals surface area contributed by atoms with Crippen LogP contribution in [0.3, 0.4) is 0 Å². The van der Waals surface area contributed by atoms with Gasteiger partial charge in [-0.1, -0.05) is 6.07 Å². The van der Waals surface area contributed by atoms with E-state index >= 15 is 0 Å². The van der Waals surface area contributed by atoms with Crippen LogP contribution in [0.1, 0.15) is 34.7 Å². The monoisotopic (exact) mass is 207 g/mol. The zero-order valence-corrected chi connectivity index (χ0v) is 8.50. The Balaban J connectivity index is 2.21. The second-order valence-electron chi connectivity index (χ2n) is 3.94. The molecule has 2 nitrogen and oxygen atoms in total. The Morgan fingerprint density at radius 3 is 2.93 bits per heavy atom. The summed E-state index contributed by atoms with van der Waals surface area (Å²) in [6.45, 7) is 1.95. The van der Waals surface area contributed by atoms with Gasteiger partial charge in [0, 0.05) is 6.54 Å². The number of carbonyl (C=O) groups is 1. The number of carbonyl (C=O) groups excluding carboxylic acids is 1. The average Bonchev–Trinajstić information content (AvgIpc) is 2.30. The molecular formula is C12H14FNO. The number of hydrogen-bond donors (Lipinski definition) is 1. The van der Waals surface area contributed by atoms with Crippen molar-refractivity contribution in [1.82, 2.24) is 5.32 Å². The minimum atomic E-state index is -0.409. The second-order valence-corrected chi connectivity index (χ2v) is 3.94. The van der Waals surface area contributed by atoms with Gasteiger partial charge < -0.3 is 5.32 Å². The first kappa shape index (κ1) is 10.3. The van der Waals surface area contributed by atoms with Crippen LogP contribution in [-0.2, 0) is 0 Å². The van der Waals surface area contributed by atoms with E-state index in [1.54, 1.807) is 6.07 Å². The molecule has 80 valence electrons. The zero-order chi connectivity index (χ0) is 10.7. The fourth-order valence-corrected chi connectivity index (χ4v) is 2.03. The van der Waals surface area contributed by atoms with Gasteiger partial charge in [-0.2, -0.15) is 0 Å². The highest BCUT2D eigenvalue weighted by Gasteiger charge is 2.16. The number of nitrogens with one attached hydrogen (secondary N) is 1. The second kappa shape index (κ2) is 4.53. The van der Waals surface area contributed by atoms with Gasteiger partial charge in [0.15, 0.2) is 6.29 Å². The molecule has 3 heteroatoms. The highest BCUT2D eigenvalue weighted by molar-refractivity contribution is 5.75. The topological polar surface area (TPSA) is 29.1 Å². The van der Waals surface area contributed by atoms with Gasteiger partial charge in [0.25, 0.3) is 0 Å². The average molecular weight is 207 g/mol. The van der Waals surface area contributed by atoms with Crippen molar-refractivity contribution in [1.29, 1.82) is 0 Å². The van der Waals surface area contributed by atoms with Gasteiger partial charge in [0.2, 0.25) is 0 Å². The Morgan fingerprint density at radius 2 is 2.33 bits per heavy atom. The normalized spacial score (nSPS) is 21.3. The molecule has 0 radical (unpaired) electrons. The molecule has 0 saturated carbocycles. The third-order valence-electron chi connectivity index (χ3n) is 2.92. The van der Waals surface area contributed by atoms with Gasteiger partial charge in [-0.3, -0.25) is 4.79 Å². The molecule has 1 fully saturated rings. The molecule has 1 unspecified atom stereocenters. The van der Waals surface area contributed by atoms with Crippen LogP contribution >= 0.6 is 0 Å². The molecule has 0 spiro atoms. The molecule has 1 aromatic carbocycles. The van der Waals surface area contributed by atoms with Gasteiger partial charge in [-0.25, -0.2) is 4.39 Å². The van der Waals surface area contributed by atoms with E-state index in [0.29, 0.717) is 12.2 Å². The van der Waals surface area contributed by atoms with Crippen molar-refractivity contribution < 1.29 is 9.18 Å². The number of hydrogen-bond acceptors (Lipinski definition) is 2. The summed E-state index contributed by atoms with van der Waals surface area (Å²) in [7, 11) is 0. The lowest BCUT2D eigenvalue weighted by molar-refractivity contribution is 0.112. The predicted molar refractivity (Wildman–Crippen MR) is 56.6 cm³/mol. The third kappa shape index (κ3) is 2.23. The molecule has 0 aromatic heterocycles. The smallest absolute Gasteiger partial charge is 0.152 e. The summed E-state index contributed by atoms with van der Waals surface area (Å²) >= 11 is 0. The number of piperidine rings is 1. The molecule has 1 saturated heterocycles. The van der Waals surface area contributed by atoms with Gasteiger partial charge in [0.1, 0.15) is 5.82 Å². The van der Waals surface area contributed by atoms with Gasteiger partial charge in [-0.15, -0.1) is 0 Å². The van der Waals surface area contributed by atoms with Gasteiger partial charge in [-0.05, 0) is 43.0 Å². The van der Waals surface area contributed by atoms with Crippen molar-refractivity contribution in [2.24, 2.45) is 0 Å². The molecule has 1 heterocycles. The molecule has 1 N–H and O–H groups in total. The molecule has 1 aliphatic rings. The fraction of sp³-hybridized carbons (Fsp3) is 0.417. The number of rotatable bonds is 2. The first-order valence-electron chi connectivity index (χ1n) is 5.26. The van der Waals surface area contributed by atoms with E-state index in [1.807, 2.05) is 6.07 Å². The lowest BCUT2D eigenvalue weighted by atomic mass is 9.91. The van der Waals surface area contributed by atoms with Crippen LogP contribution < -0.4 is 5.32 Å². The van der Waals surface area contributed by atoms with E-state index < -0.39 is 5.82 Å². The highest BCUT2D eigenvalue weighted by Crippen LogP contribution is 2.24. The summed E-state index contributed by atoms with van der Waals surface area (Å²) in [4.78, 5) is 10.5. The Hall–Kier alpha value is -1.22. The summed E-state index contributed by atoms with van der Waals surface area (Å²) in [5.41, 5.74) is 1.13. The van der Waals surface area contributed by atoms with Crippen molar-refractivity contribution in [3.63, 3.8) is 0 Å². The summed E-state index contributed by atoms with van der Waals surface area (Å²) in [6.07, 6.45) is 2.77. The van der Waals surface area contributed by atoms with Crippen molar-refractivity contribution in [3.8, 4) is 0 Å². The highest BCUT2D eigenvalue weighted by atomic mass is 19.1. The zero-order valence-electron chi connectivity index (χ0n) is 8.50. The van der Waals surface area contributed by atoms with E-state index in [9.17, 15) is 9.18 Å². The third-order valence-corrected chi connectivity index (χ3v) is 2.92. The minimum absolute atomic E-state index is 0.141. The summed E-state index contributed by atoms with van der Waals surface area (Å²) in [5.74, 6) is -0.0259. The molecule has 1 aliphatic heterocycles. The van der Waals surface area contributed by atoms with Crippen molar-refractivity contribution in [2.45, 2.75) is 18.8 Å². The molecule has 1 atom stereocenters. The van der Waals surface area contributed by atoms with E-state index in [4.69, 9.17) is 0 Å². The standard InChI is InChI=1S/C12H14FNO/c13-12-6-9(3-4-11(12)8-15)10-2-1-5-14-7-10/h3-4,6,8,10,14H,1-2,5,7H2. The van der Waals surface area contributed by atoms with E-state index in [0.717, 1.165) is 31.5 Å². The molecular weight excluding hydrogens is 193 g/mol. The van der Waals surface area contributed by atoms with E-state index in [2.05, 4.69) is 5.32 Å². The molecule has 0 bridgehead atoms. The number of halogens is 1. The lowest BCUT2D eigenvalue weighted by Crippen LogP contribution is -2.28. The van der Waals surface area contributed by atoms with Crippen molar-refractivity contribution in [3.05, 3.63) is 35.1 Å². The summed E-state index contributed by atoms with van der Waals surface area (Å²) in [6, 6.07) is 4.90. The maximum absolute atomic E-state index is 13.4. The Morgan fingerprint density at radius 1 is 1.47 bits per heavy atom. The molecule has 0 aliphatic carbocycles. The minimum Gasteiger partial charge on any atom is -0.316 e. The maximum Gasteiger partial charge on any atom is 0.152 e. The molecule has 15 heavy (non-hydrogen) atoms. The quantitative estimate of drug-likeness (QED) is 0.752. The summed E-state index contributed by atoms with van der Waals surface area (Å²) < 4.78 is 13.4. The molecule has 2 rings (SSSR count). The fourth-order valence-electron chi connectivity index (χ4n) is 2.03. The lowest BCUT2D eigenvalue weighted by Gasteiger charge is -2.23. The molecule has 0 amide bonds. The van der Waals surface area contributed by atoms with Crippen LogP contribution in [0.4, 0.5) is 4.39 Å². The van der Waals surface area contributed by atoms with Crippen LogP contribution in [0.2, 0.25) is 0 Å². The van der Waals surface area contributed by atoms with Gasteiger partial charge >= 0.3 is 0 Å². The predicted octanol–water partition coefficient (Wildman–Crippen LogP) is 2.11. The Bertz CT molecular complexity index is 359. The largest absolute Gasteiger partial charge is 0.316 e. The maximum atomic E-state index is 13.4. The van der Waals surface area contributed by atoms with E-state index in [-0.39, 0.29) is 5.56 Å². The van der Waals surface area contributed by atoms with Crippen molar-refractivity contribution >= 4 is 6.29 Å². The summed E-state index contributed by atoms with van der Waals surface area (Å²) in [5, 5.41) is 3.29. The van der Waals surface area contributed by atoms with Crippen LogP contribution in [0.15, 0.2) is 18.2 Å². The first-order valence-corrected chi connectivity index (χ1v) is 5.26. The van der Waals surface area contributed by atoms with Crippen LogP contribution in [0.5, 0.6) is 0 Å². The number of aldehydes is 1. The van der Waals surface area contributed by atoms with Crippen LogP contribution in [0.25, 0.3) is 0 Å².